The first-order valence-corrected chi connectivity index (χ1v) is 7.32. The Morgan fingerprint density at radius 1 is 1.32 bits per heavy atom. The van der Waals surface area contributed by atoms with E-state index < -0.39 is 0 Å². The highest BCUT2D eigenvalue weighted by molar-refractivity contribution is 7.16. The zero-order chi connectivity index (χ0) is 13.8. The summed E-state index contributed by atoms with van der Waals surface area (Å²) in [7, 11) is 0. The van der Waals surface area contributed by atoms with E-state index in [-0.39, 0.29) is 5.91 Å². The summed E-state index contributed by atoms with van der Waals surface area (Å²) in [5.74, 6) is -0.0591. The Labute approximate surface area is 125 Å². The summed E-state index contributed by atoms with van der Waals surface area (Å²) in [5.41, 5.74) is 0.536. The second kappa shape index (κ2) is 6.37. The lowest BCUT2D eigenvalue weighted by Gasteiger charge is -2.20. The van der Waals surface area contributed by atoms with Gasteiger partial charge in [-0.1, -0.05) is 23.2 Å². The monoisotopic (exact) mass is 314 g/mol. The van der Waals surface area contributed by atoms with Gasteiger partial charge in [0.15, 0.2) is 0 Å². The van der Waals surface area contributed by atoms with E-state index in [9.17, 15) is 4.79 Å². The van der Waals surface area contributed by atoms with E-state index in [2.05, 4.69) is 4.98 Å². The fourth-order valence-electron chi connectivity index (χ4n) is 1.64. The van der Waals surface area contributed by atoms with Crippen LogP contribution in [-0.4, -0.2) is 22.3 Å². The van der Waals surface area contributed by atoms with Crippen molar-refractivity contribution in [3.05, 3.63) is 50.4 Å². The molecule has 0 atom stereocenters. The number of pyridine rings is 1. The third-order valence-electron chi connectivity index (χ3n) is 2.62. The van der Waals surface area contributed by atoms with Gasteiger partial charge < -0.3 is 4.90 Å². The van der Waals surface area contributed by atoms with E-state index in [1.54, 1.807) is 17.0 Å². The zero-order valence-electron chi connectivity index (χ0n) is 10.3. The molecule has 100 valence electrons. The molecular weight excluding hydrogens is 303 g/mol. The highest BCUT2D eigenvalue weighted by Gasteiger charge is 2.15. The second-order valence-electron chi connectivity index (χ2n) is 3.89. The van der Waals surface area contributed by atoms with Gasteiger partial charge in [-0.3, -0.25) is 4.79 Å². The van der Waals surface area contributed by atoms with Crippen molar-refractivity contribution in [1.82, 2.24) is 9.88 Å². The van der Waals surface area contributed by atoms with Crippen LogP contribution in [0.2, 0.25) is 9.49 Å². The molecule has 0 aliphatic rings. The summed E-state index contributed by atoms with van der Waals surface area (Å²) in [6.07, 6.45) is 1.49. The van der Waals surface area contributed by atoms with Crippen molar-refractivity contribution in [2.24, 2.45) is 0 Å². The third kappa shape index (κ3) is 3.69. The second-order valence-corrected chi connectivity index (χ2v) is 6.08. The molecule has 0 aromatic carbocycles. The number of rotatable bonds is 4. The van der Waals surface area contributed by atoms with E-state index in [4.69, 9.17) is 23.2 Å². The van der Waals surface area contributed by atoms with Gasteiger partial charge in [0.2, 0.25) is 0 Å². The molecule has 0 saturated heterocycles. The van der Waals surface area contributed by atoms with Gasteiger partial charge in [0.1, 0.15) is 5.15 Å². The van der Waals surface area contributed by atoms with Crippen LogP contribution in [0.25, 0.3) is 0 Å². The average Bonchev–Trinajstić information content (AvgIpc) is 2.81. The van der Waals surface area contributed by atoms with Crippen LogP contribution in [0.1, 0.15) is 22.2 Å². The molecular formula is C13H12Cl2N2OS. The molecule has 0 bridgehead atoms. The molecule has 2 aromatic rings. The van der Waals surface area contributed by atoms with Gasteiger partial charge >= 0.3 is 0 Å². The first-order chi connectivity index (χ1) is 9.10. The summed E-state index contributed by atoms with van der Waals surface area (Å²) < 4.78 is 0.728. The number of carbonyl (C=O) groups excluding carboxylic acids is 1. The van der Waals surface area contributed by atoms with E-state index in [1.807, 2.05) is 19.1 Å². The van der Waals surface area contributed by atoms with Gasteiger partial charge in [-0.05, 0) is 31.2 Å². The summed E-state index contributed by atoms with van der Waals surface area (Å²) >= 11 is 13.1. The maximum Gasteiger partial charge on any atom is 0.255 e. The van der Waals surface area contributed by atoms with Crippen molar-refractivity contribution in [1.29, 1.82) is 0 Å². The number of hydrogen-bond acceptors (Lipinski definition) is 3. The number of carbonyl (C=O) groups is 1. The normalized spacial score (nSPS) is 10.5. The molecule has 2 heterocycles. The third-order valence-corrected chi connectivity index (χ3v) is 4.06. The van der Waals surface area contributed by atoms with Gasteiger partial charge in [-0.15, -0.1) is 11.3 Å². The van der Waals surface area contributed by atoms with E-state index in [0.717, 1.165) is 9.21 Å². The molecule has 2 rings (SSSR count). The molecule has 2 aromatic heterocycles. The molecule has 1 amide bonds. The summed E-state index contributed by atoms with van der Waals surface area (Å²) in [6.45, 7) is 3.11. The standard InChI is InChI=1S/C13H12Cl2N2OS/c1-2-17(8-10-4-6-12(15)19-10)13(18)9-3-5-11(14)16-7-9/h3-7H,2,8H2,1H3. The van der Waals surface area contributed by atoms with Gasteiger partial charge in [-0.2, -0.15) is 0 Å². The lowest BCUT2D eigenvalue weighted by atomic mass is 10.2. The van der Waals surface area contributed by atoms with Crippen LogP contribution in [-0.2, 0) is 6.54 Å². The summed E-state index contributed by atoms with van der Waals surface area (Å²) in [5, 5.41) is 0.379. The molecule has 0 aliphatic heterocycles. The minimum Gasteiger partial charge on any atom is -0.334 e. The highest BCUT2D eigenvalue weighted by Crippen LogP contribution is 2.23. The number of hydrogen-bond donors (Lipinski definition) is 0. The Bertz CT molecular complexity index is 568. The molecule has 0 saturated carbocycles. The maximum absolute atomic E-state index is 12.3. The number of halogens is 2. The Morgan fingerprint density at radius 2 is 2.11 bits per heavy atom. The SMILES string of the molecule is CCN(Cc1ccc(Cl)s1)C(=O)c1ccc(Cl)nc1. The number of amides is 1. The van der Waals surface area contributed by atoms with Crippen LogP contribution < -0.4 is 0 Å². The first-order valence-electron chi connectivity index (χ1n) is 5.75. The summed E-state index contributed by atoms with van der Waals surface area (Å²) in [4.78, 5) is 19.0. The van der Waals surface area contributed by atoms with Crippen LogP contribution in [0.15, 0.2) is 30.5 Å². The number of aromatic nitrogens is 1. The smallest absolute Gasteiger partial charge is 0.255 e. The van der Waals surface area contributed by atoms with Gasteiger partial charge in [0.05, 0.1) is 16.4 Å². The molecule has 3 nitrogen and oxygen atoms in total. The quantitative estimate of drug-likeness (QED) is 0.796. The maximum atomic E-state index is 12.3. The Balaban J connectivity index is 2.12. The van der Waals surface area contributed by atoms with Gasteiger partial charge in [0.25, 0.3) is 5.91 Å². The zero-order valence-corrected chi connectivity index (χ0v) is 12.6. The Morgan fingerprint density at radius 3 is 2.63 bits per heavy atom. The highest BCUT2D eigenvalue weighted by atomic mass is 35.5. The minimum absolute atomic E-state index is 0.0591. The van der Waals surface area contributed by atoms with E-state index >= 15 is 0 Å². The molecule has 0 N–H and O–H groups in total. The van der Waals surface area contributed by atoms with Crippen molar-refractivity contribution in [2.75, 3.05) is 6.54 Å². The van der Waals surface area contributed by atoms with Gasteiger partial charge in [-0.25, -0.2) is 4.98 Å². The lowest BCUT2D eigenvalue weighted by molar-refractivity contribution is 0.0754. The summed E-state index contributed by atoms with van der Waals surface area (Å²) in [6, 6.07) is 7.07. The molecule has 6 heteroatoms. The van der Waals surface area contributed by atoms with Crippen molar-refractivity contribution in [3.8, 4) is 0 Å². The molecule has 0 fully saturated rings. The predicted molar refractivity (Wildman–Crippen MR) is 79.0 cm³/mol. The molecule has 0 aliphatic carbocycles. The van der Waals surface area contributed by atoms with Crippen LogP contribution in [0, 0.1) is 0 Å². The fraction of sp³-hybridized carbons (Fsp3) is 0.231. The molecule has 0 unspecified atom stereocenters. The van der Waals surface area contributed by atoms with Crippen LogP contribution in [0.4, 0.5) is 0 Å². The largest absolute Gasteiger partial charge is 0.334 e. The van der Waals surface area contributed by atoms with Crippen molar-refractivity contribution in [3.63, 3.8) is 0 Å². The fourth-order valence-corrected chi connectivity index (χ4v) is 2.85. The number of thiophene rings is 1. The lowest BCUT2D eigenvalue weighted by Crippen LogP contribution is -2.30. The van der Waals surface area contributed by atoms with Crippen molar-refractivity contribution in [2.45, 2.75) is 13.5 Å². The van der Waals surface area contributed by atoms with E-state index in [1.165, 1.54) is 17.5 Å². The first kappa shape index (κ1) is 14.3. The average molecular weight is 315 g/mol. The van der Waals surface area contributed by atoms with E-state index in [0.29, 0.717) is 23.8 Å². The van der Waals surface area contributed by atoms with Crippen LogP contribution in [0.5, 0.6) is 0 Å². The molecule has 0 spiro atoms. The minimum atomic E-state index is -0.0591. The molecule has 0 radical (unpaired) electrons. The Kier molecular flexibility index (Phi) is 4.80. The van der Waals surface area contributed by atoms with Crippen molar-refractivity contribution >= 4 is 40.4 Å². The molecule has 19 heavy (non-hydrogen) atoms. The topological polar surface area (TPSA) is 33.2 Å². The van der Waals surface area contributed by atoms with Crippen LogP contribution in [0.3, 0.4) is 0 Å². The van der Waals surface area contributed by atoms with Crippen LogP contribution >= 0.6 is 34.5 Å². The number of nitrogens with zero attached hydrogens (tertiary/aromatic N) is 2. The van der Waals surface area contributed by atoms with Gasteiger partial charge in [0, 0.05) is 17.6 Å². The predicted octanol–water partition coefficient (Wildman–Crippen LogP) is 4.11. The Hall–Kier alpha value is -1.10. The van der Waals surface area contributed by atoms with Crippen molar-refractivity contribution < 1.29 is 4.79 Å².